The molecule has 86 valence electrons. The van der Waals surface area contributed by atoms with Gasteiger partial charge in [0.05, 0.1) is 0 Å². The van der Waals surface area contributed by atoms with Gasteiger partial charge in [0.15, 0.2) is 0 Å². The van der Waals surface area contributed by atoms with E-state index in [1.54, 1.807) is 18.2 Å². The van der Waals surface area contributed by atoms with Gasteiger partial charge in [0.2, 0.25) is 0 Å². The molecule has 0 saturated heterocycles. The number of hydrogen-bond donors (Lipinski definition) is 0. The molecule has 1 aromatic rings. The van der Waals surface area contributed by atoms with Crippen LogP contribution in [0.4, 0.5) is 0 Å². The molecule has 3 heteroatoms. The third-order valence-electron chi connectivity index (χ3n) is 2.28. The van der Waals surface area contributed by atoms with E-state index in [0.717, 1.165) is 24.7 Å². The van der Waals surface area contributed by atoms with Crippen molar-refractivity contribution in [1.29, 1.82) is 0 Å². The van der Waals surface area contributed by atoms with Crippen molar-refractivity contribution in [3.05, 3.63) is 29.3 Å². The van der Waals surface area contributed by atoms with E-state index in [9.17, 15) is 9.59 Å². The van der Waals surface area contributed by atoms with Gasteiger partial charge in [-0.05, 0) is 36.6 Å². The van der Waals surface area contributed by atoms with Crippen LogP contribution in [0, 0.1) is 0 Å². The fourth-order valence-electron chi connectivity index (χ4n) is 1.43. The molecule has 0 aromatic heterocycles. The Morgan fingerprint density at radius 1 is 1.38 bits per heavy atom. The van der Waals surface area contributed by atoms with Crippen LogP contribution in [-0.4, -0.2) is 12.3 Å². The first-order valence-corrected chi connectivity index (χ1v) is 5.50. The van der Waals surface area contributed by atoms with Crippen LogP contribution in [0.5, 0.6) is 5.75 Å². The minimum absolute atomic E-state index is 0.226. The summed E-state index contributed by atoms with van der Waals surface area (Å²) in [5, 5.41) is 0. The summed E-state index contributed by atoms with van der Waals surface area (Å²) in [4.78, 5) is 21.9. The lowest BCUT2D eigenvalue weighted by atomic mass is 10.1. The first-order valence-electron chi connectivity index (χ1n) is 5.50. The van der Waals surface area contributed by atoms with Gasteiger partial charge in [-0.25, -0.2) is 0 Å². The molecule has 0 fully saturated rings. The molecular formula is C13H16O3. The molecule has 3 nitrogen and oxygen atoms in total. The zero-order valence-corrected chi connectivity index (χ0v) is 9.66. The van der Waals surface area contributed by atoms with Gasteiger partial charge in [0.25, 0.3) is 0 Å². The SMILES string of the molecule is CCCC(=O)Oc1ccc(C=O)cc1CC. The summed E-state index contributed by atoms with van der Waals surface area (Å²) in [6.07, 6.45) is 2.71. The Hall–Kier alpha value is -1.64. The van der Waals surface area contributed by atoms with Crippen LogP contribution in [0.1, 0.15) is 42.6 Å². The Kier molecular flexibility index (Phi) is 4.70. The Morgan fingerprint density at radius 3 is 2.69 bits per heavy atom. The van der Waals surface area contributed by atoms with Gasteiger partial charge >= 0.3 is 5.97 Å². The van der Waals surface area contributed by atoms with Gasteiger partial charge in [0, 0.05) is 12.0 Å². The van der Waals surface area contributed by atoms with Gasteiger partial charge in [-0.15, -0.1) is 0 Å². The van der Waals surface area contributed by atoms with E-state index in [2.05, 4.69) is 0 Å². The second-order valence-corrected chi connectivity index (χ2v) is 3.56. The Morgan fingerprint density at radius 2 is 2.12 bits per heavy atom. The lowest BCUT2D eigenvalue weighted by Gasteiger charge is -2.08. The summed E-state index contributed by atoms with van der Waals surface area (Å²) in [6.45, 7) is 3.89. The summed E-state index contributed by atoms with van der Waals surface area (Å²) in [7, 11) is 0. The normalized spacial score (nSPS) is 9.88. The first kappa shape index (κ1) is 12.4. The van der Waals surface area contributed by atoms with Crippen molar-refractivity contribution in [3.63, 3.8) is 0 Å². The van der Waals surface area contributed by atoms with Gasteiger partial charge in [-0.2, -0.15) is 0 Å². The van der Waals surface area contributed by atoms with Crippen LogP contribution in [0.3, 0.4) is 0 Å². The lowest BCUT2D eigenvalue weighted by molar-refractivity contribution is -0.134. The van der Waals surface area contributed by atoms with E-state index in [0.29, 0.717) is 17.7 Å². The van der Waals surface area contributed by atoms with Gasteiger partial charge < -0.3 is 4.74 Å². The number of hydrogen-bond acceptors (Lipinski definition) is 3. The number of carbonyl (C=O) groups is 2. The smallest absolute Gasteiger partial charge is 0.311 e. The van der Waals surface area contributed by atoms with Crippen molar-refractivity contribution in [2.75, 3.05) is 0 Å². The van der Waals surface area contributed by atoms with Gasteiger partial charge in [-0.3, -0.25) is 9.59 Å². The van der Waals surface area contributed by atoms with E-state index < -0.39 is 0 Å². The van der Waals surface area contributed by atoms with E-state index >= 15 is 0 Å². The number of benzene rings is 1. The third-order valence-corrected chi connectivity index (χ3v) is 2.28. The summed E-state index contributed by atoms with van der Waals surface area (Å²) in [5.74, 6) is 0.336. The number of carbonyl (C=O) groups excluding carboxylic acids is 2. The second kappa shape index (κ2) is 6.05. The fourth-order valence-corrected chi connectivity index (χ4v) is 1.43. The Bertz CT molecular complexity index is 383. The molecule has 1 aromatic carbocycles. The summed E-state index contributed by atoms with van der Waals surface area (Å²) in [5.41, 5.74) is 1.49. The highest BCUT2D eigenvalue weighted by Gasteiger charge is 2.08. The molecule has 0 bridgehead atoms. The molecule has 1 rings (SSSR count). The van der Waals surface area contributed by atoms with Gasteiger partial charge in [-0.1, -0.05) is 13.8 Å². The quantitative estimate of drug-likeness (QED) is 0.435. The van der Waals surface area contributed by atoms with Crippen LogP contribution >= 0.6 is 0 Å². The highest BCUT2D eigenvalue weighted by atomic mass is 16.5. The summed E-state index contributed by atoms with van der Waals surface area (Å²) >= 11 is 0. The topological polar surface area (TPSA) is 43.4 Å². The number of aldehydes is 1. The van der Waals surface area contributed by atoms with E-state index in [-0.39, 0.29) is 5.97 Å². The maximum atomic E-state index is 11.3. The zero-order valence-electron chi connectivity index (χ0n) is 9.66. The van der Waals surface area contributed by atoms with Crippen molar-refractivity contribution in [2.24, 2.45) is 0 Å². The summed E-state index contributed by atoms with van der Waals surface area (Å²) in [6, 6.07) is 5.08. The highest BCUT2D eigenvalue weighted by molar-refractivity contribution is 5.77. The third kappa shape index (κ3) is 3.19. The Balaban J connectivity index is 2.87. The molecule has 0 aliphatic heterocycles. The van der Waals surface area contributed by atoms with E-state index in [4.69, 9.17) is 4.74 Å². The fraction of sp³-hybridized carbons (Fsp3) is 0.385. The van der Waals surface area contributed by atoms with Crippen LogP contribution < -0.4 is 4.74 Å². The minimum atomic E-state index is -0.226. The van der Waals surface area contributed by atoms with Crippen molar-refractivity contribution in [3.8, 4) is 5.75 Å². The van der Waals surface area contributed by atoms with Crippen molar-refractivity contribution >= 4 is 12.3 Å². The first-order chi connectivity index (χ1) is 7.71. The number of esters is 1. The number of ether oxygens (including phenoxy) is 1. The van der Waals surface area contributed by atoms with Crippen LogP contribution in [0.25, 0.3) is 0 Å². The number of aryl methyl sites for hydroxylation is 1. The van der Waals surface area contributed by atoms with Crippen LogP contribution in [0.2, 0.25) is 0 Å². The second-order valence-electron chi connectivity index (χ2n) is 3.56. The maximum absolute atomic E-state index is 11.3. The lowest BCUT2D eigenvalue weighted by Crippen LogP contribution is -2.08. The minimum Gasteiger partial charge on any atom is -0.426 e. The molecule has 0 spiro atoms. The summed E-state index contributed by atoms with van der Waals surface area (Å²) < 4.78 is 5.22. The molecule has 16 heavy (non-hydrogen) atoms. The number of rotatable bonds is 5. The van der Waals surface area contributed by atoms with E-state index in [1.807, 2.05) is 13.8 Å². The standard InChI is InChI=1S/C13H16O3/c1-3-5-13(15)16-12-7-6-10(9-14)8-11(12)4-2/h6-9H,3-5H2,1-2H3. The molecule has 0 saturated carbocycles. The molecule has 0 radical (unpaired) electrons. The van der Waals surface area contributed by atoms with Crippen molar-refractivity contribution < 1.29 is 14.3 Å². The Labute approximate surface area is 95.4 Å². The molecule has 0 aliphatic carbocycles. The molecule has 0 heterocycles. The van der Waals surface area contributed by atoms with Crippen LogP contribution in [-0.2, 0) is 11.2 Å². The molecule has 0 N–H and O–H groups in total. The molecule has 0 aliphatic rings. The van der Waals surface area contributed by atoms with Crippen molar-refractivity contribution in [2.45, 2.75) is 33.1 Å². The van der Waals surface area contributed by atoms with E-state index in [1.165, 1.54) is 0 Å². The average Bonchev–Trinajstić information content (AvgIpc) is 2.30. The van der Waals surface area contributed by atoms with Crippen molar-refractivity contribution in [1.82, 2.24) is 0 Å². The van der Waals surface area contributed by atoms with Gasteiger partial charge in [0.1, 0.15) is 12.0 Å². The molecule has 0 atom stereocenters. The van der Waals surface area contributed by atoms with Crippen LogP contribution in [0.15, 0.2) is 18.2 Å². The monoisotopic (exact) mass is 220 g/mol. The average molecular weight is 220 g/mol. The molecule has 0 unspecified atom stereocenters. The molecule has 0 amide bonds. The zero-order chi connectivity index (χ0) is 12.0. The predicted molar refractivity (Wildman–Crippen MR) is 61.8 cm³/mol. The molecular weight excluding hydrogens is 204 g/mol. The maximum Gasteiger partial charge on any atom is 0.311 e. The predicted octanol–water partition coefficient (Wildman–Crippen LogP) is 2.77. The largest absolute Gasteiger partial charge is 0.426 e. The highest BCUT2D eigenvalue weighted by Crippen LogP contribution is 2.20.